The van der Waals surface area contributed by atoms with Crippen molar-refractivity contribution in [2.24, 2.45) is 23.7 Å². The van der Waals surface area contributed by atoms with Gasteiger partial charge in [0.05, 0.1) is 0 Å². The van der Waals surface area contributed by atoms with E-state index >= 15 is 0 Å². The van der Waals surface area contributed by atoms with Crippen LogP contribution in [0.4, 0.5) is 25.2 Å². The van der Waals surface area contributed by atoms with Gasteiger partial charge < -0.3 is 0 Å². The zero-order valence-corrected chi connectivity index (χ0v) is 16.2. The Morgan fingerprint density at radius 3 is 1.12 bits per heavy atom. The van der Waals surface area contributed by atoms with Crippen molar-refractivity contribution in [2.45, 2.75) is 38.5 Å². The third-order valence-corrected chi connectivity index (χ3v) is 4.83. The Morgan fingerprint density at radius 1 is 0.538 bits per heavy atom. The summed E-state index contributed by atoms with van der Waals surface area (Å²) < 4.78 is 59.2. The van der Waals surface area contributed by atoms with E-state index in [-0.39, 0.29) is 17.1 Å². The van der Waals surface area contributed by atoms with Crippen LogP contribution in [0.3, 0.4) is 0 Å². The topological polar surface area (TPSA) is 0 Å². The van der Waals surface area contributed by atoms with Gasteiger partial charge in [-0.1, -0.05) is 80.7 Å². The van der Waals surface area contributed by atoms with Crippen molar-refractivity contribution >= 4 is 7.81 Å². The van der Waals surface area contributed by atoms with Gasteiger partial charge in [0.15, 0.2) is 0 Å². The number of allylic oxidation sites excluding steroid dienone is 8. The van der Waals surface area contributed by atoms with Crippen LogP contribution < -0.4 is 0 Å². The predicted octanol–water partition coefficient (Wildman–Crippen LogP) is 8.44. The second-order valence-electron chi connectivity index (χ2n) is 6.98. The molecule has 4 atom stereocenters. The molecule has 0 aromatic carbocycles. The van der Waals surface area contributed by atoms with Crippen LogP contribution in [-0.2, 0) is 17.1 Å². The van der Waals surface area contributed by atoms with Gasteiger partial charge in [-0.05, 0) is 30.1 Å². The third-order valence-electron chi connectivity index (χ3n) is 4.83. The summed E-state index contributed by atoms with van der Waals surface area (Å²) in [6, 6.07) is 0. The van der Waals surface area contributed by atoms with Gasteiger partial charge in [-0.3, -0.25) is 0 Å². The third kappa shape index (κ3) is 9.99. The maximum absolute atomic E-state index is 10.7. The largest absolute Gasteiger partial charge is 0 e. The standard InChI is InChI=1S/C13H14.C5H10.F6P.Fe/c1-3-7-12-10(5-1)9-11-6-2-4-8-13(11)12;1-2-4-5-3-1;1-7(2,3,4,5)6;/h1-8,10-13H,9H2;1-5H2;;/q;;-1;. The summed E-state index contributed by atoms with van der Waals surface area (Å²) in [5.74, 6) is 3.15. The van der Waals surface area contributed by atoms with Crippen LogP contribution in [0.2, 0.25) is 0 Å². The predicted molar refractivity (Wildman–Crippen MR) is 91.8 cm³/mol. The molecule has 8 heteroatoms. The summed E-state index contributed by atoms with van der Waals surface area (Å²) >= 11 is 0. The first-order valence-corrected chi connectivity index (χ1v) is 10.7. The fourth-order valence-electron chi connectivity index (χ4n) is 3.84. The summed E-state index contributed by atoms with van der Waals surface area (Å²) in [6.07, 6.45) is 27.2. The van der Waals surface area contributed by atoms with E-state index in [9.17, 15) is 25.2 Å². The molecule has 152 valence electrons. The van der Waals surface area contributed by atoms with E-state index in [1.54, 1.807) is 0 Å². The second kappa shape index (κ2) is 8.24. The Bertz CT molecular complexity index is 521. The molecule has 0 N–H and O–H groups in total. The first kappa shape index (κ1) is 23.5. The average molecular weight is 441 g/mol. The summed E-state index contributed by atoms with van der Waals surface area (Å²) in [4.78, 5) is 0. The van der Waals surface area contributed by atoms with Crippen molar-refractivity contribution in [3.05, 3.63) is 48.6 Å². The molecule has 0 nitrogen and oxygen atoms in total. The van der Waals surface area contributed by atoms with Gasteiger partial charge in [0, 0.05) is 17.1 Å². The molecule has 2 saturated carbocycles. The monoisotopic (exact) mass is 441 g/mol. The van der Waals surface area contributed by atoms with Crippen molar-refractivity contribution in [1.82, 2.24) is 0 Å². The van der Waals surface area contributed by atoms with E-state index in [0.29, 0.717) is 0 Å². The Balaban J connectivity index is 0.000000222. The van der Waals surface area contributed by atoms with Gasteiger partial charge in [-0.2, -0.15) is 0 Å². The zero-order valence-electron chi connectivity index (χ0n) is 14.2. The number of rotatable bonds is 0. The SMILES string of the molecule is C1=CC2CC3C=CC=CC3C2C=C1.C1CCCC1.F[P-](F)(F)(F)(F)F.[Fe]. The van der Waals surface area contributed by atoms with Gasteiger partial charge in [-0.25, -0.2) is 0 Å². The molecule has 0 heterocycles. The van der Waals surface area contributed by atoms with Crippen molar-refractivity contribution in [3.63, 3.8) is 0 Å². The summed E-state index contributed by atoms with van der Waals surface area (Å²) in [7, 11) is -10.7. The molecular formula is C18H24F6FeP-. The van der Waals surface area contributed by atoms with Gasteiger partial charge in [-0.15, -0.1) is 0 Å². The molecule has 26 heavy (non-hydrogen) atoms. The molecule has 2 fully saturated rings. The van der Waals surface area contributed by atoms with Crippen molar-refractivity contribution in [2.75, 3.05) is 0 Å². The van der Waals surface area contributed by atoms with Crippen LogP contribution in [0.15, 0.2) is 48.6 Å². The van der Waals surface area contributed by atoms with E-state index in [1.807, 2.05) is 0 Å². The van der Waals surface area contributed by atoms with Crippen molar-refractivity contribution < 1.29 is 42.3 Å². The number of hydrogen-bond donors (Lipinski definition) is 0. The summed E-state index contributed by atoms with van der Waals surface area (Å²) in [5, 5.41) is 0. The van der Waals surface area contributed by atoms with Crippen LogP contribution in [-0.4, -0.2) is 0 Å². The Labute approximate surface area is 161 Å². The smallest absolute Gasteiger partial charge is 0 e. The van der Waals surface area contributed by atoms with Gasteiger partial charge in [0.2, 0.25) is 0 Å². The molecule has 0 aromatic heterocycles. The molecule has 4 aliphatic carbocycles. The van der Waals surface area contributed by atoms with Gasteiger partial charge in [0.1, 0.15) is 0 Å². The maximum atomic E-state index is 9.87. The van der Waals surface area contributed by atoms with E-state index < -0.39 is 7.81 Å². The Kier molecular flexibility index (Phi) is 7.46. The average Bonchev–Trinajstić information content (AvgIpc) is 3.15. The first-order chi connectivity index (χ1) is 11.4. The van der Waals surface area contributed by atoms with Gasteiger partial charge in [0.25, 0.3) is 0 Å². The second-order valence-corrected chi connectivity index (χ2v) is 8.90. The van der Waals surface area contributed by atoms with Crippen LogP contribution >= 0.6 is 7.81 Å². The molecule has 0 saturated heterocycles. The maximum Gasteiger partial charge on any atom is 0 e. The fourth-order valence-corrected chi connectivity index (χ4v) is 3.84. The molecule has 0 amide bonds. The molecule has 0 aromatic rings. The molecular weight excluding hydrogens is 417 g/mol. The van der Waals surface area contributed by atoms with Crippen LogP contribution in [0.5, 0.6) is 0 Å². The van der Waals surface area contributed by atoms with E-state index in [0.717, 1.165) is 23.7 Å². The molecule has 0 bridgehead atoms. The van der Waals surface area contributed by atoms with Crippen molar-refractivity contribution in [3.8, 4) is 0 Å². The normalized spacial score (nSPS) is 33.3. The molecule has 0 radical (unpaired) electrons. The van der Waals surface area contributed by atoms with Crippen LogP contribution in [0, 0.1) is 23.7 Å². The van der Waals surface area contributed by atoms with E-state index in [1.165, 1.54) is 38.5 Å². The first-order valence-electron chi connectivity index (χ1n) is 8.66. The number of fused-ring (bicyclic) bond motifs is 3. The quantitative estimate of drug-likeness (QED) is 0.201. The Morgan fingerprint density at radius 2 is 0.808 bits per heavy atom. The molecule has 0 aliphatic heterocycles. The van der Waals surface area contributed by atoms with Crippen LogP contribution in [0.25, 0.3) is 0 Å². The minimum Gasteiger partial charge on any atom is 0 e. The molecule has 0 spiro atoms. The van der Waals surface area contributed by atoms with Gasteiger partial charge >= 0.3 is 33.0 Å². The van der Waals surface area contributed by atoms with Crippen LogP contribution in [0.1, 0.15) is 38.5 Å². The minimum atomic E-state index is -10.7. The fraction of sp³-hybridized carbons (Fsp3) is 0.556. The molecule has 4 aliphatic rings. The summed E-state index contributed by atoms with van der Waals surface area (Å²) in [6.45, 7) is 0. The molecule has 4 unspecified atom stereocenters. The minimum absolute atomic E-state index is 0. The number of halogens is 6. The van der Waals surface area contributed by atoms with E-state index in [2.05, 4.69) is 48.6 Å². The number of hydrogen-bond acceptors (Lipinski definition) is 0. The molecule has 4 rings (SSSR count). The van der Waals surface area contributed by atoms with E-state index in [4.69, 9.17) is 0 Å². The zero-order chi connectivity index (χ0) is 18.6. The summed E-state index contributed by atoms with van der Waals surface area (Å²) in [5.41, 5.74) is 0. The van der Waals surface area contributed by atoms with Crippen molar-refractivity contribution in [1.29, 1.82) is 0 Å². The Hall–Kier alpha value is -0.511.